The SMILES string of the molecule is FC(F)(F)c1ccccc1CNC(=S)NCc1ccco1. The molecule has 0 spiro atoms. The van der Waals surface area contributed by atoms with E-state index in [1.165, 1.54) is 18.4 Å². The highest BCUT2D eigenvalue weighted by Gasteiger charge is 2.32. The predicted molar refractivity (Wildman–Crippen MR) is 76.4 cm³/mol. The molecule has 2 N–H and O–H groups in total. The number of furan rings is 1. The van der Waals surface area contributed by atoms with Crippen molar-refractivity contribution in [2.45, 2.75) is 19.3 Å². The third-order valence-corrected chi connectivity index (χ3v) is 3.05. The molecule has 2 aromatic rings. The van der Waals surface area contributed by atoms with Crippen LogP contribution in [0.5, 0.6) is 0 Å². The monoisotopic (exact) mass is 314 g/mol. The van der Waals surface area contributed by atoms with Gasteiger partial charge in [0.2, 0.25) is 0 Å². The summed E-state index contributed by atoms with van der Waals surface area (Å²) in [5, 5.41) is 5.88. The van der Waals surface area contributed by atoms with Crippen molar-refractivity contribution in [3.63, 3.8) is 0 Å². The molecule has 0 aliphatic carbocycles. The molecule has 0 aliphatic rings. The molecular weight excluding hydrogens is 301 g/mol. The van der Waals surface area contributed by atoms with Crippen LogP contribution in [0, 0.1) is 0 Å². The zero-order valence-corrected chi connectivity index (χ0v) is 11.7. The molecule has 2 rings (SSSR count). The number of thiocarbonyl (C=S) groups is 1. The first-order valence-corrected chi connectivity index (χ1v) is 6.57. The number of hydrogen-bond acceptors (Lipinski definition) is 2. The Balaban J connectivity index is 1.89. The molecule has 21 heavy (non-hydrogen) atoms. The summed E-state index contributed by atoms with van der Waals surface area (Å²) in [7, 11) is 0. The average Bonchev–Trinajstić information content (AvgIpc) is 2.95. The maximum atomic E-state index is 12.8. The number of nitrogens with one attached hydrogen (secondary N) is 2. The van der Waals surface area contributed by atoms with Crippen LogP contribution in [-0.2, 0) is 19.3 Å². The van der Waals surface area contributed by atoms with Crippen LogP contribution >= 0.6 is 12.2 Å². The molecule has 1 aromatic heterocycles. The fraction of sp³-hybridized carbons (Fsp3) is 0.214. The predicted octanol–water partition coefficient (Wildman–Crippen LogP) is 3.46. The second-order valence-electron chi connectivity index (χ2n) is 4.27. The zero-order chi connectivity index (χ0) is 15.3. The van der Waals surface area contributed by atoms with E-state index in [9.17, 15) is 13.2 Å². The summed E-state index contributed by atoms with van der Waals surface area (Å²) < 4.78 is 43.6. The van der Waals surface area contributed by atoms with E-state index in [1.54, 1.807) is 18.2 Å². The van der Waals surface area contributed by atoms with Crippen molar-refractivity contribution in [3.8, 4) is 0 Å². The zero-order valence-electron chi connectivity index (χ0n) is 10.9. The Bertz CT molecular complexity index is 597. The van der Waals surface area contributed by atoms with Gasteiger partial charge in [-0.25, -0.2) is 0 Å². The minimum absolute atomic E-state index is 0.000326. The van der Waals surface area contributed by atoms with Gasteiger partial charge in [0.25, 0.3) is 0 Å². The van der Waals surface area contributed by atoms with E-state index in [0.29, 0.717) is 12.3 Å². The van der Waals surface area contributed by atoms with E-state index in [2.05, 4.69) is 10.6 Å². The Morgan fingerprint density at radius 3 is 2.43 bits per heavy atom. The van der Waals surface area contributed by atoms with Gasteiger partial charge in [0.15, 0.2) is 5.11 Å². The Hall–Kier alpha value is -2.02. The highest BCUT2D eigenvalue weighted by atomic mass is 32.1. The Kier molecular flexibility index (Phi) is 4.85. The summed E-state index contributed by atoms with van der Waals surface area (Å²) in [4.78, 5) is 0. The van der Waals surface area contributed by atoms with Crippen molar-refractivity contribution < 1.29 is 17.6 Å². The van der Waals surface area contributed by atoms with Crippen LogP contribution in [-0.4, -0.2) is 5.11 Å². The number of rotatable bonds is 4. The van der Waals surface area contributed by atoms with Gasteiger partial charge in [-0.05, 0) is 36.0 Å². The smallest absolute Gasteiger partial charge is 0.416 e. The first-order valence-electron chi connectivity index (χ1n) is 6.16. The van der Waals surface area contributed by atoms with Gasteiger partial charge in [0.05, 0.1) is 18.4 Å². The Labute approximate surface area is 125 Å². The van der Waals surface area contributed by atoms with Gasteiger partial charge in [0, 0.05) is 6.54 Å². The van der Waals surface area contributed by atoms with E-state index in [1.807, 2.05) is 0 Å². The fourth-order valence-corrected chi connectivity index (χ4v) is 1.91. The van der Waals surface area contributed by atoms with Crippen molar-refractivity contribution in [1.29, 1.82) is 0 Å². The van der Waals surface area contributed by atoms with E-state index in [-0.39, 0.29) is 17.2 Å². The number of halogens is 3. The van der Waals surface area contributed by atoms with E-state index < -0.39 is 11.7 Å². The van der Waals surface area contributed by atoms with Gasteiger partial charge in [-0.3, -0.25) is 0 Å². The first-order chi connectivity index (χ1) is 9.97. The molecule has 0 atom stereocenters. The standard InChI is InChI=1S/C14H13F3N2OS/c15-14(16,17)12-6-2-1-4-10(12)8-18-13(21)19-9-11-5-3-7-20-11/h1-7H,8-9H2,(H2,18,19,21). The van der Waals surface area contributed by atoms with Crippen LogP contribution in [0.2, 0.25) is 0 Å². The third kappa shape index (κ3) is 4.49. The maximum Gasteiger partial charge on any atom is 0.416 e. The molecule has 0 amide bonds. The summed E-state index contributed by atoms with van der Waals surface area (Å²) in [5.74, 6) is 0.690. The number of alkyl halides is 3. The fourth-order valence-electron chi connectivity index (χ4n) is 1.77. The van der Waals surface area contributed by atoms with E-state index >= 15 is 0 Å². The molecule has 1 heterocycles. The lowest BCUT2D eigenvalue weighted by molar-refractivity contribution is -0.138. The van der Waals surface area contributed by atoms with Crippen LogP contribution in [0.25, 0.3) is 0 Å². The van der Waals surface area contributed by atoms with Gasteiger partial charge in [-0.15, -0.1) is 0 Å². The van der Waals surface area contributed by atoms with Gasteiger partial charge in [-0.2, -0.15) is 13.2 Å². The average molecular weight is 314 g/mol. The van der Waals surface area contributed by atoms with Gasteiger partial charge < -0.3 is 15.1 Å². The Morgan fingerprint density at radius 1 is 1.05 bits per heavy atom. The summed E-state index contributed by atoms with van der Waals surface area (Å²) in [6, 6.07) is 8.91. The van der Waals surface area contributed by atoms with Crippen molar-refractivity contribution in [3.05, 3.63) is 59.5 Å². The lowest BCUT2D eigenvalue weighted by Crippen LogP contribution is -2.34. The van der Waals surface area contributed by atoms with Crippen molar-refractivity contribution in [2.75, 3.05) is 0 Å². The minimum atomic E-state index is -4.37. The van der Waals surface area contributed by atoms with Crippen LogP contribution in [0.1, 0.15) is 16.9 Å². The lowest BCUT2D eigenvalue weighted by atomic mass is 10.1. The molecule has 0 unspecified atom stereocenters. The first kappa shape index (κ1) is 15.4. The molecule has 112 valence electrons. The maximum absolute atomic E-state index is 12.8. The molecule has 0 fully saturated rings. The molecule has 7 heteroatoms. The van der Waals surface area contributed by atoms with E-state index in [4.69, 9.17) is 16.6 Å². The quantitative estimate of drug-likeness (QED) is 0.848. The molecule has 0 saturated carbocycles. The highest BCUT2D eigenvalue weighted by Crippen LogP contribution is 2.31. The van der Waals surface area contributed by atoms with Gasteiger partial charge in [-0.1, -0.05) is 18.2 Å². The minimum Gasteiger partial charge on any atom is -0.467 e. The van der Waals surface area contributed by atoms with Gasteiger partial charge in [0.1, 0.15) is 5.76 Å². The van der Waals surface area contributed by atoms with Crippen molar-refractivity contribution in [1.82, 2.24) is 10.6 Å². The highest BCUT2D eigenvalue weighted by molar-refractivity contribution is 7.80. The summed E-state index contributed by atoms with van der Waals surface area (Å²) in [6.07, 6.45) is -2.84. The molecule has 0 aliphatic heterocycles. The van der Waals surface area contributed by atoms with Gasteiger partial charge >= 0.3 is 6.18 Å². The molecule has 1 aromatic carbocycles. The molecule has 3 nitrogen and oxygen atoms in total. The normalized spacial score (nSPS) is 11.2. The van der Waals surface area contributed by atoms with Crippen LogP contribution < -0.4 is 10.6 Å². The van der Waals surface area contributed by atoms with Crippen LogP contribution in [0.4, 0.5) is 13.2 Å². The summed E-state index contributed by atoms with van der Waals surface area (Å²) in [6.45, 7) is 0.374. The molecule has 0 radical (unpaired) electrons. The molecular formula is C14H13F3N2OS. The summed E-state index contributed by atoms with van der Waals surface area (Å²) in [5.41, 5.74) is -0.515. The number of hydrogen-bond donors (Lipinski definition) is 2. The largest absolute Gasteiger partial charge is 0.467 e. The molecule has 0 bridgehead atoms. The van der Waals surface area contributed by atoms with Crippen LogP contribution in [0.3, 0.4) is 0 Å². The Morgan fingerprint density at radius 2 is 1.76 bits per heavy atom. The second kappa shape index (κ2) is 6.62. The lowest BCUT2D eigenvalue weighted by Gasteiger charge is -2.14. The van der Waals surface area contributed by atoms with Crippen LogP contribution in [0.15, 0.2) is 47.1 Å². The summed E-state index contributed by atoms with van der Waals surface area (Å²) >= 11 is 5.02. The van der Waals surface area contributed by atoms with Crippen molar-refractivity contribution in [2.24, 2.45) is 0 Å². The second-order valence-corrected chi connectivity index (χ2v) is 4.68. The molecule has 0 saturated heterocycles. The van der Waals surface area contributed by atoms with Crippen molar-refractivity contribution >= 4 is 17.3 Å². The topological polar surface area (TPSA) is 37.2 Å². The van der Waals surface area contributed by atoms with E-state index in [0.717, 1.165) is 6.07 Å². The third-order valence-electron chi connectivity index (χ3n) is 2.77. The number of benzene rings is 1.